The first-order chi connectivity index (χ1) is 8.88. The highest BCUT2D eigenvalue weighted by Gasteiger charge is 2.13. The molecule has 0 aliphatic carbocycles. The molecule has 0 saturated carbocycles. The lowest BCUT2D eigenvalue weighted by molar-refractivity contribution is -0.0935. The van der Waals surface area contributed by atoms with Gasteiger partial charge in [0.15, 0.2) is 0 Å². The van der Waals surface area contributed by atoms with Gasteiger partial charge in [0, 0.05) is 6.42 Å². The Kier molecular flexibility index (Phi) is 5.45. The summed E-state index contributed by atoms with van der Waals surface area (Å²) in [7, 11) is 0. The molecule has 100 valence electrons. The molecule has 1 aliphatic rings. The van der Waals surface area contributed by atoms with Crippen molar-refractivity contribution in [1.29, 1.82) is 0 Å². The van der Waals surface area contributed by atoms with Crippen LogP contribution < -0.4 is 10.5 Å². The fourth-order valence-corrected chi connectivity index (χ4v) is 1.97. The van der Waals surface area contributed by atoms with Crippen molar-refractivity contribution in [3.05, 3.63) is 29.8 Å². The third-order valence-electron chi connectivity index (χ3n) is 2.92. The zero-order valence-corrected chi connectivity index (χ0v) is 10.6. The Bertz CT molecular complexity index is 351. The smallest absolute Gasteiger partial charge is 0.119 e. The summed E-state index contributed by atoms with van der Waals surface area (Å²) in [5.41, 5.74) is 6.75. The van der Waals surface area contributed by atoms with Crippen molar-refractivity contribution in [1.82, 2.24) is 0 Å². The van der Waals surface area contributed by atoms with Crippen LogP contribution in [0.15, 0.2) is 24.3 Å². The molecule has 0 aromatic heterocycles. The van der Waals surface area contributed by atoms with Gasteiger partial charge < -0.3 is 19.9 Å². The Morgan fingerprint density at radius 1 is 1.33 bits per heavy atom. The van der Waals surface area contributed by atoms with Crippen LogP contribution in [0.25, 0.3) is 0 Å². The molecule has 4 nitrogen and oxygen atoms in total. The number of hydrogen-bond acceptors (Lipinski definition) is 4. The third-order valence-corrected chi connectivity index (χ3v) is 2.92. The van der Waals surface area contributed by atoms with Crippen LogP contribution in [0.4, 0.5) is 0 Å². The van der Waals surface area contributed by atoms with Gasteiger partial charge in [-0.3, -0.25) is 0 Å². The lowest BCUT2D eigenvalue weighted by Gasteiger charge is -2.22. The summed E-state index contributed by atoms with van der Waals surface area (Å²) in [6.45, 7) is 3.39. The van der Waals surface area contributed by atoms with E-state index in [0.717, 1.165) is 18.6 Å². The van der Waals surface area contributed by atoms with E-state index in [1.165, 1.54) is 5.56 Å². The van der Waals surface area contributed by atoms with E-state index in [4.69, 9.17) is 19.9 Å². The lowest BCUT2D eigenvalue weighted by Crippen LogP contribution is -2.29. The highest BCUT2D eigenvalue weighted by atomic mass is 16.6. The van der Waals surface area contributed by atoms with Crippen LogP contribution in [-0.4, -0.2) is 39.1 Å². The fraction of sp³-hybridized carbons (Fsp3) is 0.571. The molecule has 1 aromatic carbocycles. The average molecular weight is 251 g/mol. The Morgan fingerprint density at radius 2 is 2.28 bits per heavy atom. The van der Waals surface area contributed by atoms with Gasteiger partial charge in [0.2, 0.25) is 0 Å². The van der Waals surface area contributed by atoms with E-state index >= 15 is 0 Å². The van der Waals surface area contributed by atoms with Gasteiger partial charge in [-0.1, -0.05) is 12.1 Å². The second-order valence-corrected chi connectivity index (χ2v) is 4.39. The van der Waals surface area contributed by atoms with Gasteiger partial charge >= 0.3 is 0 Å². The number of ether oxygens (including phenoxy) is 3. The quantitative estimate of drug-likeness (QED) is 0.829. The van der Waals surface area contributed by atoms with Gasteiger partial charge in [0.05, 0.1) is 32.5 Å². The number of rotatable bonds is 6. The van der Waals surface area contributed by atoms with Gasteiger partial charge in [0.1, 0.15) is 5.75 Å². The van der Waals surface area contributed by atoms with Crippen molar-refractivity contribution in [2.24, 2.45) is 5.73 Å². The highest BCUT2D eigenvalue weighted by Crippen LogP contribution is 2.14. The number of nitrogens with two attached hydrogens (primary N) is 1. The van der Waals surface area contributed by atoms with Crippen molar-refractivity contribution >= 4 is 0 Å². The zero-order chi connectivity index (χ0) is 12.6. The maximum absolute atomic E-state index is 5.72. The van der Waals surface area contributed by atoms with E-state index in [-0.39, 0.29) is 6.10 Å². The Hall–Kier alpha value is -1.10. The van der Waals surface area contributed by atoms with Crippen LogP contribution >= 0.6 is 0 Å². The van der Waals surface area contributed by atoms with Gasteiger partial charge in [-0.25, -0.2) is 0 Å². The summed E-state index contributed by atoms with van der Waals surface area (Å²) in [6, 6.07) is 8.09. The molecule has 1 aliphatic heterocycles. The Balaban J connectivity index is 1.73. The average Bonchev–Trinajstić information content (AvgIpc) is 2.41. The van der Waals surface area contributed by atoms with E-state index in [1.807, 2.05) is 18.2 Å². The second-order valence-electron chi connectivity index (χ2n) is 4.39. The molecule has 2 N–H and O–H groups in total. The molecule has 0 bridgehead atoms. The first kappa shape index (κ1) is 13.3. The van der Waals surface area contributed by atoms with Crippen molar-refractivity contribution in [3.63, 3.8) is 0 Å². The zero-order valence-electron chi connectivity index (χ0n) is 10.6. The minimum Gasteiger partial charge on any atom is -0.493 e. The molecule has 0 radical (unpaired) electrons. The second kappa shape index (κ2) is 7.36. The third kappa shape index (κ3) is 4.29. The predicted molar refractivity (Wildman–Crippen MR) is 69.9 cm³/mol. The van der Waals surface area contributed by atoms with Crippen LogP contribution in [0, 0.1) is 0 Å². The van der Waals surface area contributed by atoms with Crippen LogP contribution in [0.2, 0.25) is 0 Å². The van der Waals surface area contributed by atoms with Gasteiger partial charge in [-0.05, 0) is 30.7 Å². The molecular formula is C14H21NO3. The summed E-state index contributed by atoms with van der Waals surface area (Å²) in [5, 5.41) is 0. The maximum Gasteiger partial charge on any atom is 0.119 e. The van der Waals surface area contributed by atoms with Crippen LogP contribution in [0.3, 0.4) is 0 Å². The van der Waals surface area contributed by atoms with E-state index < -0.39 is 0 Å². The van der Waals surface area contributed by atoms with Gasteiger partial charge in [-0.2, -0.15) is 0 Å². The first-order valence-electron chi connectivity index (χ1n) is 6.49. The Labute approximate surface area is 108 Å². The molecule has 1 saturated heterocycles. The molecule has 4 heteroatoms. The molecule has 0 amide bonds. The van der Waals surface area contributed by atoms with Gasteiger partial charge in [0.25, 0.3) is 0 Å². The number of benzene rings is 1. The lowest BCUT2D eigenvalue weighted by atomic mass is 10.1. The predicted octanol–water partition coefficient (Wildman–Crippen LogP) is 1.37. The van der Waals surface area contributed by atoms with Crippen molar-refractivity contribution in [3.8, 4) is 5.75 Å². The SMILES string of the molecule is NCCc1cccc(OCC[C@H]2COCCO2)c1. The molecule has 1 heterocycles. The largest absolute Gasteiger partial charge is 0.493 e. The molecule has 0 unspecified atom stereocenters. The molecule has 1 aromatic rings. The molecule has 1 fully saturated rings. The maximum atomic E-state index is 5.72. The monoisotopic (exact) mass is 251 g/mol. The highest BCUT2D eigenvalue weighted by molar-refractivity contribution is 5.28. The number of hydrogen-bond donors (Lipinski definition) is 1. The summed E-state index contributed by atoms with van der Waals surface area (Å²) < 4.78 is 16.6. The van der Waals surface area contributed by atoms with E-state index in [1.54, 1.807) is 0 Å². The van der Waals surface area contributed by atoms with E-state index in [0.29, 0.717) is 33.0 Å². The fourth-order valence-electron chi connectivity index (χ4n) is 1.97. The topological polar surface area (TPSA) is 53.7 Å². The van der Waals surface area contributed by atoms with Crippen LogP contribution in [0.1, 0.15) is 12.0 Å². The molecule has 18 heavy (non-hydrogen) atoms. The van der Waals surface area contributed by atoms with Gasteiger partial charge in [-0.15, -0.1) is 0 Å². The minimum atomic E-state index is 0.172. The molecular weight excluding hydrogens is 230 g/mol. The summed E-state index contributed by atoms with van der Waals surface area (Å²) in [5.74, 6) is 0.901. The van der Waals surface area contributed by atoms with Crippen LogP contribution in [-0.2, 0) is 15.9 Å². The van der Waals surface area contributed by atoms with Crippen molar-refractivity contribution < 1.29 is 14.2 Å². The van der Waals surface area contributed by atoms with E-state index in [9.17, 15) is 0 Å². The van der Waals surface area contributed by atoms with Crippen molar-refractivity contribution in [2.45, 2.75) is 18.9 Å². The summed E-state index contributed by atoms with van der Waals surface area (Å²) in [4.78, 5) is 0. The van der Waals surface area contributed by atoms with Crippen LogP contribution in [0.5, 0.6) is 5.75 Å². The standard InChI is InChI=1S/C14H21NO3/c15-6-4-12-2-1-3-13(10-12)17-7-5-14-11-16-8-9-18-14/h1-3,10,14H,4-9,11,15H2/t14-/m0/s1. The summed E-state index contributed by atoms with van der Waals surface area (Å²) in [6.07, 6.45) is 1.92. The minimum absolute atomic E-state index is 0.172. The normalized spacial score (nSPS) is 19.7. The molecule has 1 atom stereocenters. The first-order valence-corrected chi connectivity index (χ1v) is 6.49. The molecule has 0 spiro atoms. The summed E-state index contributed by atoms with van der Waals surface area (Å²) >= 11 is 0. The van der Waals surface area contributed by atoms with E-state index in [2.05, 4.69) is 6.07 Å². The molecule has 2 rings (SSSR count). The van der Waals surface area contributed by atoms with Crippen molar-refractivity contribution in [2.75, 3.05) is 33.0 Å². The Morgan fingerprint density at radius 3 is 3.06 bits per heavy atom.